The van der Waals surface area contributed by atoms with Crippen molar-refractivity contribution in [1.29, 1.82) is 0 Å². The molecule has 0 aliphatic rings. The molecule has 7 heteroatoms. The second kappa shape index (κ2) is 9.84. The lowest BCUT2D eigenvalue weighted by Gasteiger charge is -2.29. The SMILES string of the molecule is CCC(C(=O)OC)N(C(=O)c1ccc(OCc2cscn2)cc1)c1ccccc1. The van der Waals surface area contributed by atoms with Crippen LogP contribution < -0.4 is 9.64 Å². The van der Waals surface area contributed by atoms with Gasteiger partial charge >= 0.3 is 5.97 Å². The van der Waals surface area contributed by atoms with Crippen LogP contribution in [0.1, 0.15) is 29.4 Å². The molecule has 0 fully saturated rings. The van der Waals surface area contributed by atoms with Crippen molar-refractivity contribution in [2.75, 3.05) is 12.0 Å². The van der Waals surface area contributed by atoms with Crippen LogP contribution in [0.5, 0.6) is 5.75 Å². The van der Waals surface area contributed by atoms with Gasteiger partial charge in [0.05, 0.1) is 18.3 Å². The topological polar surface area (TPSA) is 68.7 Å². The summed E-state index contributed by atoms with van der Waals surface area (Å²) in [6.07, 6.45) is 0.433. The third-order valence-electron chi connectivity index (χ3n) is 4.40. The van der Waals surface area contributed by atoms with Crippen molar-refractivity contribution < 1.29 is 19.1 Å². The minimum Gasteiger partial charge on any atom is -0.487 e. The number of carbonyl (C=O) groups excluding carboxylic acids is 2. The van der Waals surface area contributed by atoms with E-state index in [0.717, 1.165) is 5.69 Å². The van der Waals surface area contributed by atoms with E-state index in [9.17, 15) is 9.59 Å². The Labute approximate surface area is 173 Å². The van der Waals surface area contributed by atoms with Gasteiger partial charge in [0.2, 0.25) is 0 Å². The standard InChI is InChI=1S/C22H22N2O4S/c1-3-20(22(26)27-2)24(18-7-5-4-6-8-18)21(25)16-9-11-19(12-10-16)28-13-17-14-29-15-23-17/h4-12,14-15,20H,3,13H2,1-2H3. The van der Waals surface area contributed by atoms with Gasteiger partial charge in [0.1, 0.15) is 18.4 Å². The third-order valence-corrected chi connectivity index (χ3v) is 5.03. The van der Waals surface area contributed by atoms with E-state index in [4.69, 9.17) is 9.47 Å². The summed E-state index contributed by atoms with van der Waals surface area (Å²) in [5.41, 5.74) is 3.70. The molecule has 1 unspecified atom stereocenters. The van der Waals surface area contributed by atoms with Crippen molar-refractivity contribution in [3.05, 3.63) is 76.7 Å². The maximum atomic E-state index is 13.3. The number of esters is 1. The summed E-state index contributed by atoms with van der Waals surface area (Å²) in [5, 5.41) is 1.92. The van der Waals surface area contributed by atoms with Gasteiger partial charge in [-0.2, -0.15) is 0 Å². The summed E-state index contributed by atoms with van der Waals surface area (Å²) in [6, 6.07) is 15.3. The van der Waals surface area contributed by atoms with Crippen molar-refractivity contribution in [2.45, 2.75) is 26.0 Å². The number of nitrogens with zero attached hydrogens (tertiary/aromatic N) is 2. The van der Waals surface area contributed by atoms with Crippen LogP contribution in [0.15, 0.2) is 65.5 Å². The fourth-order valence-corrected chi connectivity index (χ4v) is 3.46. The van der Waals surface area contributed by atoms with Gasteiger partial charge in [-0.05, 0) is 42.8 Å². The van der Waals surface area contributed by atoms with Crippen LogP contribution in [0.3, 0.4) is 0 Å². The molecule has 3 aromatic rings. The van der Waals surface area contributed by atoms with E-state index >= 15 is 0 Å². The number of rotatable bonds is 8. The Hall–Kier alpha value is -3.19. The lowest BCUT2D eigenvalue weighted by atomic mass is 10.1. The average molecular weight is 410 g/mol. The quantitative estimate of drug-likeness (QED) is 0.517. The lowest BCUT2D eigenvalue weighted by molar-refractivity contribution is -0.142. The van der Waals surface area contributed by atoms with Gasteiger partial charge < -0.3 is 9.47 Å². The Kier molecular flexibility index (Phi) is 6.97. The minimum atomic E-state index is -0.713. The van der Waals surface area contributed by atoms with E-state index < -0.39 is 12.0 Å². The van der Waals surface area contributed by atoms with Gasteiger partial charge in [0.25, 0.3) is 5.91 Å². The van der Waals surface area contributed by atoms with Crippen LogP contribution in [0.2, 0.25) is 0 Å². The van der Waals surface area contributed by atoms with Gasteiger partial charge in [0, 0.05) is 16.6 Å². The van der Waals surface area contributed by atoms with Crippen molar-refractivity contribution >= 4 is 28.9 Å². The Morgan fingerprint density at radius 1 is 1.10 bits per heavy atom. The first-order valence-corrected chi connectivity index (χ1v) is 10.1. The molecule has 0 aliphatic carbocycles. The third kappa shape index (κ3) is 5.00. The van der Waals surface area contributed by atoms with Crippen LogP contribution in [-0.4, -0.2) is 30.0 Å². The molecule has 29 heavy (non-hydrogen) atoms. The summed E-state index contributed by atoms with van der Waals surface area (Å²) >= 11 is 1.51. The first kappa shape index (κ1) is 20.5. The van der Waals surface area contributed by atoms with Crippen LogP contribution in [0, 0.1) is 0 Å². The Bertz CT molecular complexity index is 927. The Morgan fingerprint density at radius 2 is 1.83 bits per heavy atom. The number of methoxy groups -OCH3 is 1. The summed E-state index contributed by atoms with van der Waals surface area (Å²) < 4.78 is 10.6. The highest BCUT2D eigenvalue weighted by Gasteiger charge is 2.31. The Morgan fingerprint density at radius 3 is 2.41 bits per heavy atom. The van der Waals surface area contributed by atoms with E-state index in [1.165, 1.54) is 23.3 Å². The van der Waals surface area contributed by atoms with Crippen molar-refractivity contribution in [3.63, 3.8) is 0 Å². The monoisotopic (exact) mass is 410 g/mol. The summed E-state index contributed by atoms with van der Waals surface area (Å²) in [7, 11) is 1.33. The van der Waals surface area contributed by atoms with Gasteiger partial charge in [-0.15, -0.1) is 11.3 Å². The number of anilines is 1. The van der Waals surface area contributed by atoms with Crippen molar-refractivity contribution in [3.8, 4) is 5.75 Å². The van der Waals surface area contributed by atoms with E-state index in [1.807, 2.05) is 30.5 Å². The molecule has 2 aromatic carbocycles. The van der Waals surface area contributed by atoms with Gasteiger partial charge in [0.15, 0.2) is 0 Å². The predicted molar refractivity (Wildman–Crippen MR) is 112 cm³/mol. The van der Waals surface area contributed by atoms with E-state index in [0.29, 0.717) is 30.0 Å². The van der Waals surface area contributed by atoms with E-state index in [1.54, 1.807) is 41.9 Å². The minimum absolute atomic E-state index is 0.278. The number of thiazole rings is 1. The highest BCUT2D eigenvalue weighted by Crippen LogP contribution is 2.23. The zero-order valence-corrected chi connectivity index (χ0v) is 17.1. The molecule has 1 atom stereocenters. The molecule has 1 amide bonds. The van der Waals surface area contributed by atoms with Crippen LogP contribution in [0.25, 0.3) is 0 Å². The number of ether oxygens (including phenoxy) is 2. The maximum absolute atomic E-state index is 13.3. The van der Waals surface area contributed by atoms with Gasteiger partial charge in [-0.3, -0.25) is 9.69 Å². The fourth-order valence-electron chi connectivity index (χ4n) is 2.92. The molecule has 1 heterocycles. The normalized spacial score (nSPS) is 11.5. The number of benzene rings is 2. The first-order valence-electron chi connectivity index (χ1n) is 9.20. The largest absolute Gasteiger partial charge is 0.487 e. The summed E-state index contributed by atoms with van der Waals surface area (Å²) in [5.74, 6) is -0.0896. The average Bonchev–Trinajstić information content (AvgIpc) is 3.29. The molecule has 0 saturated carbocycles. The smallest absolute Gasteiger partial charge is 0.328 e. The molecule has 0 spiro atoms. The zero-order chi connectivity index (χ0) is 20.6. The highest BCUT2D eigenvalue weighted by atomic mass is 32.1. The maximum Gasteiger partial charge on any atom is 0.328 e. The summed E-state index contributed by atoms with van der Waals surface area (Å²) in [6.45, 7) is 2.22. The molecular formula is C22H22N2O4S. The number of carbonyl (C=O) groups is 2. The second-order valence-electron chi connectivity index (χ2n) is 6.25. The van der Waals surface area contributed by atoms with Crippen LogP contribution in [-0.2, 0) is 16.1 Å². The van der Waals surface area contributed by atoms with Crippen molar-refractivity contribution in [1.82, 2.24) is 4.98 Å². The van der Waals surface area contributed by atoms with E-state index in [2.05, 4.69) is 4.98 Å². The number of hydrogen-bond donors (Lipinski definition) is 0. The molecule has 3 rings (SSSR count). The molecule has 0 aliphatic heterocycles. The summed E-state index contributed by atoms with van der Waals surface area (Å²) in [4.78, 5) is 31.3. The molecule has 0 saturated heterocycles. The fraction of sp³-hybridized carbons (Fsp3) is 0.227. The molecule has 0 N–H and O–H groups in total. The van der Waals surface area contributed by atoms with E-state index in [-0.39, 0.29) is 5.91 Å². The molecule has 150 valence electrons. The zero-order valence-electron chi connectivity index (χ0n) is 16.3. The van der Waals surface area contributed by atoms with Gasteiger partial charge in [-0.25, -0.2) is 9.78 Å². The molecular weight excluding hydrogens is 388 g/mol. The van der Waals surface area contributed by atoms with Crippen molar-refractivity contribution in [2.24, 2.45) is 0 Å². The lowest BCUT2D eigenvalue weighted by Crippen LogP contribution is -2.45. The second-order valence-corrected chi connectivity index (χ2v) is 6.97. The molecule has 0 radical (unpaired) electrons. The van der Waals surface area contributed by atoms with Gasteiger partial charge in [-0.1, -0.05) is 25.1 Å². The predicted octanol–water partition coefficient (Wildman–Crippen LogP) is 4.32. The number of aromatic nitrogens is 1. The number of hydrogen-bond acceptors (Lipinski definition) is 6. The number of amides is 1. The first-order chi connectivity index (χ1) is 14.1. The molecule has 0 bridgehead atoms. The molecule has 1 aromatic heterocycles. The van der Waals surface area contributed by atoms with Crippen LogP contribution >= 0.6 is 11.3 Å². The van der Waals surface area contributed by atoms with Crippen LogP contribution in [0.4, 0.5) is 5.69 Å². The Balaban J connectivity index is 1.82. The number of para-hydroxylation sites is 1. The highest BCUT2D eigenvalue weighted by molar-refractivity contribution is 7.07. The molecule has 6 nitrogen and oxygen atoms in total.